The molecule has 0 heterocycles. The lowest BCUT2D eigenvalue weighted by atomic mass is 10.0. The Bertz CT molecular complexity index is 253. The lowest BCUT2D eigenvalue weighted by molar-refractivity contribution is -0.142. The first-order valence-electron chi connectivity index (χ1n) is 5.22. The number of carboxylic acids is 1. The third-order valence-electron chi connectivity index (χ3n) is 2.14. The van der Waals surface area contributed by atoms with Crippen LogP contribution < -0.4 is 11.1 Å². The van der Waals surface area contributed by atoms with Crippen molar-refractivity contribution in [2.24, 2.45) is 11.7 Å². The van der Waals surface area contributed by atoms with Gasteiger partial charge in [0, 0.05) is 0 Å². The summed E-state index contributed by atoms with van der Waals surface area (Å²) in [7, 11) is 0. The van der Waals surface area contributed by atoms with E-state index in [2.05, 4.69) is 5.32 Å². The second kappa shape index (κ2) is 6.44. The normalized spacial score (nSPS) is 16.6. The van der Waals surface area contributed by atoms with E-state index in [1.54, 1.807) is 0 Å². The van der Waals surface area contributed by atoms with Crippen LogP contribution in [-0.2, 0) is 9.59 Å². The van der Waals surface area contributed by atoms with E-state index < -0.39 is 30.1 Å². The molecule has 94 valence electrons. The minimum absolute atomic E-state index is 0.143. The number of amides is 1. The van der Waals surface area contributed by atoms with Crippen LogP contribution in [-0.4, -0.2) is 40.3 Å². The fourth-order valence-corrected chi connectivity index (χ4v) is 1.18. The number of hydrogen-bond donors (Lipinski definition) is 4. The van der Waals surface area contributed by atoms with E-state index in [1.807, 2.05) is 13.8 Å². The van der Waals surface area contributed by atoms with Crippen LogP contribution in [0.2, 0.25) is 0 Å². The lowest BCUT2D eigenvalue weighted by Gasteiger charge is -2.20. The van der Waals surface area contributed by atoms with Crippen molar-refractivity contribution in [1.82, 2.24) is 5.32 Å². The Morgan fingerprint density at radius 3 is 2.12 bits per heavy atom. The van der Waals surface area contributed by atoms with Gasteiger partial charge in [-0.15, -0.1) is 0 Å². The molecule has 0 aliphatic carbocycles. The van der Waals surface area contributed by atoms with Gasteiger partial charge < -0.3 is 21.3 Å². The molecule has 0 aromatic carbocycles. The van der Waals surface area contributed by atoms with Crippen LogP contribution in [0.4, 0.5) is 0 Å². The Labute approximate surface area is 94.8 Å². The summed E-state index contributed by atoms with van der Waals surface area (Å²) in [6.07, 6.45) is -0.679. The van der Waals surface area contributed by atoms with Gasteiger partial charge >= 0.3 is 5.97 Å². The molecule has 6 heteroatoms. The third-order valence-corrected chi connectivity index (χ3v) is 2.14. The summed E-state index contributed by atoms with van der Waals surface area (Å²) < 4.78 is 0. The minimum atomic E-state index is -1.10. The molecule has 0 fully saturated rings. The Kier molecular flexibility index (Phi) is 5.98. The SMILES string of the molecule is CC(C)C[C@H](NC(=O)[C@H](N)[C@H](C)O)C(=O)O. The topological polar surface area (TPSA) is 113 Å². The molecule has 0 saturated heterocycles. The molecule has 1 amide bonds. The highest BCUT2D eigenvalue weighted by Crippen LogP contribution is 2.05. The zero-order valence-corrected chi connectivity index (χ0v) is 9.80. The molecule has 0 aliphatic heterocycles. The molecule has 0 spiro atoms. The van der Waals surface area contributed by atoms with Crippen molar-refractivity contribution in [1.29, 1.82) is 0 Å². The number of aliphatic hydroxyl groups excluding tert-OH is 1. The number of aliphatic hydroxyl groups is 1. The number of nitrogens with one attached hydrogen (secondary N) is 1. The second-order valence-corrected chi connectivity index (χ2v) is 4.30. The quantitative estimate of drug-likeness (QED) is 0.484. The van der Waals surface area contributed by atoms with Gasteiger partial charge in [0.05, 0.1) is 6.10 Å². The van der Waals surface area contributed by atoms with E-state index in [0.717, 1.165) is 0 Å². The van der Waals surface area contributed by atoms with Gasteiger partial charge in [0.15, 0.2) is 0 Å². The molecular formula is C10H20N2O4. The molecule has 6 nitrogen and oxygen atoms in total. The molecule has 0 radical (unpaired) electrons. The van der Waals surface area contributed by atoms with Crippen molar-refractivity contribution in [2.75, 3.05) is 0 Å². The fraction of sp³-hybridized carbons (Fsp3) is 0.800. The Morgan fingerprint density at radius 1 is 1.31 bits per heavy atom. The zero-order chi connectivity index (χ0) is 12.9. The molecule has 16 heavy (non-hydrogen) atoms. The summed E-state index contributed by atoms with van der Waals surface area (Å²) in [4.78, 5) is 22.3. The predicted octanol–water partition coefficient (Wildman–Crippen LogP) is -0.690. The zero-order valence-electron chi connectivity index (χ0n) is 9.80. The van der Waals surface area contributed by atoms with Gasteiger partial charge in [-0.05, 0) is 19.3 Å². The number of rotatable bonds is 6. The van der Waals surface area contributed by atoms with Crippen LogP contribution in [0, 0.1) is 5.92 Å². The van der Waals surface area contributed by atoms with Gasteiger partial charge in [0.2, 0.25) is 5.91 Å². The highest BCUT2D eigenvalue weighted by atomic mass is 16.4. The summed E-state index contributed by atoms with van der Waals surface area (Å²) in [5.74, 6) is -1.60. The molecular weight excluding hydrogens is 212 g/mol. The van der Waals surface area contributed by atoms with Crippen molar-refractivity contribution in [3.8, 4) is 0 Å². The van der Waals surface area contributed by atoms with Crippen molar-refractivity contribution in [3.63, 3.8) is 0 Å². The number of aliphatic carboxylic acids is 1. The molecule has 0 unspecified atom stereocenters. The standard InChI is InChI=1S/C10H20N2O4/c1-5(2)4-7(10(15)16)12-9(14)8(11)6(3)13/h5-8,13H,4,11H2,1-3H3,(H,12,14)(H,15,16)/t6-,7-,8+/m0/s1. The summed E-state index contributed by atoms with van der Waals surface area (Å²) in [6, 6.07) is -2.06. The van der Waals surface area contributed by atoms with Crippen molar-refractivity contribution >= 4 is 11.9 Å². The lowest BCUT2D eigenvalue weighted by Crippen LogP contribution is -2.52. The van der Waals surface area contributed by atoms with Gasteiger partial charge in [-0.25, -0.2) is 4.79 Å². The Morgan fingerprint density at radius 2 is 1.81 bits per heavy atom. The van der Waals surface area contributed by atoms with Crippen molar-refractivity contribution in [3.05, 3.63) is 0 Å². The van der Waals surface area contributed by atoms with Gasteiger partial charge in [-0.3, -0.25) is 4.79 Å². The molecule has 0 rings (SSSR count). The molecule has 0 bridgehead atoms. The van der Waals surface area contributed by atoms with Gasteiger partial charge in [-0.1, -0.05) is 13.8 Å². The highest BCUT2D eigenvalue weighted by molar-refractivity contribution is 5.87. The first-order valence-corrected chi connectivity index (χ1v) is 5.22. The van der Waals surface area contributed by atoms with Crippen LogP contribution in [0.25, 0.3) is 0 Å². The van der Waals surface area contributed by atoms with Crippen LogP contribution in [0.3, 0.4) is 0 Å². The summed E-state index contributed by atoms with van der Waals surface area (Å²) in [5, 5.41) is 20.3. The van der Waals surface area contributed by atoms with Crippen LogP contribution >= 0.6 is 0 Å². The maximum Gasteiger partial charge on any atom is 0.326 e. The summed E-state index contributed by atoms with van der Waals surface area (Å²) in [5.41, 5.74) is 5.38. The molecule has 0 aromatic heterocycles. The highest BCUT2D eigenvalue weighted by Gasteiger charge is 2.25. The van der Waals surface area contributed by atoms with Gasteiger partial charge in [-0.2, -0.15) is 0 Å². The van der Waals surface area contributed by atoms with E-state index in [1.165, 1.54) is 6.92 Å². The maximum atomic E-state index is 11.4. The number of nitrogens with two attached hydrogens (primary N) is 1. The first-order chi connectivity index (χ1) is 7.25. The first kappa shape index (κ1) is 14.9. The summed E-state index contributed by atoms with van der Waals surface area (Å²) >= 11 is 0. The number of hydrogen-bond acceptors (Lipinski definition) is 4. The van der Waals surface area contributed by atoms with Crippen molar-refractivity contribution < 1.29 is 19.8 Å². The monoisotopic (exact) mass is 232 g/mol. The number of carboxylic acid groups (broad SMARTS) is 1. The van der Waals surface area contributed by atoms with Crippen LogP contribution in [0.1, 0.15) is 27.2 Å². The van der Waals surface area contributed by atoms with E-state index in [0.29, 0.717) is 6.42 Å². The van der Waals surface area contributed by atoms with E-state index in [9.17, 15) is 9.59 Å². The molecule has 0 aliphatic rings. The smallest absolute Gasteiger partial charge is 0.326 e. The average Bonchev–Trinajstić information content (AvgIpc) is 2.14. The van der Waals surface area contributed by atoms with E-state index in [-0.39, 0.29) is 5.92 Å². The maximum absolute atomic E-state index is 11.4. The molecule has 3 atom stereocenters. The predicted molar refractivity (Wildman–Crippen MR) is 58.7 cm³/mol. The fourth-order valence-electron chi connectivity index (χ4n) is 1.18. The molecule has 0 aromatic rings. The Hall–Kier alpha value is -1.14. The summed E-state index contributed by atoms with van der Waals surface area (Å²) in [6.45, 7) is 5.09. The number of carbonyl (C=O) groups excluding carboxylic acids is 1. The molecule has 0 saturated carbocycles. The second-order valence-electron chi connectivity index (χ2n) is 4.30. The largest absolute Gasteiger partial charge is 0.480 e. The van der Waals surface area contributed by atoms with Crippen molar-refractivity contribution in [2.45, 2.75) is 45.4 Å². The Balaban J connectivity index is 4.40. The third kappa shape index (κ3) is 5.09. The van der Waals surface area contributed by atoms with Crippen LogP contribution in [0.5, 0.6) is 0 Å². The van der Waals surface area contributed by atoms with Gasteiger partial charge in [0.1, 0.15) is 12.1 Å². The number of carbonyl (C=O) groups is 2. The molecule has 5 N–H and O–H groups in total. The minimum Gasteiger partial charge on any atom is -0.480 e. The van der Waals surface area contributed by atoms with Gasteiger partial charge in [0.25, 0.3) is 0 Å². The average molecular weight is 232 g/mol. The van der Waals surface area contributed by atoms with Crippen LogP contribution in [0.15, 0.2) is 0 Å². The van der Waals surface area contributed by atoms with E-state index in [4.69, 9.17) is 15.9 Å². The van der Waals surface area contributed by atoms with E-state index >= 15 is 0 Å².